The molecule has 5 nitrogen and oxygen atoms in total. The van der Waals surface area contributed by atoms with Gasteiger partial charge in [0.2, 0.25) is 0 Å². The van der Waals surface area contributed by atoms with Gasteiger partial charge >= 0.3 is 5.97 Å². The van der Waals surface area contributed by atoms with E-state index in [1.165, 1.54) is 18.1 Å². The summed E-state index contributed by atoms with van der Waals surface area (Å²) in [5, 5.41) is 0. The Morgan fingerprint density at radius 1 is 1.47 bits per heavy atom. The summed E-state index contributed by atoms with van der Waals surface area (Å²) in [4.78, 5) is 24.7. The highest BCUT2D eigenvalue weighted by Gasteiger charge is 2.21. The number of likely N-dealkylation sites (N-methyl/N-ethyl adjacent to an activating group) is 1. The van der Waals surface area contributed by atoms with Gasteiger partial charge in [0.1, 0.15) is 12.4 Å². The van der Waals surface area contributed by atoms with Gasteiger partial charge in [0.05, 0.1) is 18.4 Å². The zero-order valence-corrected chi connectivity index (χ0v) is 12.2. The molecule has 1 aromatic carbocycles. The molecule has 104 valence electrons. The van der Waals surface area contributed by atoms with Crippen molar-refractivity contribution in [2.75, 3.05) is 25.9 Å². The number of nitrogens with zero attached hydrogens (tertiary/aromatic N) is 1. The molecule has 1 amide bonds. The SMILES string of the molecule is CCN(CC(=O)OC)C(=O)c1cc(N)c(F)cc1Br. The third kappa shape index (κ3) is 3.66. The van der Waals surface area contributed by atoms with Gasteiger partial charge in [0, 0.05) is 11.0 Å². The molecule has 0 aromatic heterocycles. The second kappa shape index (κ2) is 6.51. The molecule has 7 heteroatoms. The van der Waals surface area contributed by atoms with Crippen molar-refractivity contribution in [3.63, 3.8) is 0 Å². The number of benzene rings is 1. The van der Waals surface area contributed by atoms with Crippen molar-refractivity contribution in [1.82, 2.24) is 4.90 Å². The lowest BCUT2D eigenvalue weighted by atomic mass is 10.1. The number of methoxy groups -OCH3 is 1. The monoisotopic (exact) mass is 332 g/mol. The van der Waals surface area contributed by atoms with Crippen LogP contribution in [0.5, 0.6) is 0 Å². The minimum absolute atomic E-state index is 0.124. The minimum atomic E-state index is -0.612. The lowest BCUT2D eigenvalue weighted by molar-refractivity contribution is -0.141. The average molecular weight is 333 g/mol. The Labute approximate surface area is 118 Å². The van der Waals surface area contributed by atoms with Crippen molar-refractivity contribution in [3.8, 4) is 0 Å². The summed E-state index contributed by atoms with van der Waals surface area (Å²) in [6.45, 7) is 1.87. The maximum atomic E-state index is 13.2. The molecule has 0 heterocycles. The zero-order valence-electron chi connectivity index (χ0n) is 10.6. The van der Waals surface area contributed by atoms with Crippen LogP contribution in [0.25, 0.3) is 0 Å². The number of nitrogens with two attached hydrogens (primary N) is 1. The molecule has 0 aliphatic heterocycles. The van der Waals surface area contributed by atoms with E-state index in [9.17, 15) is 14.0 Å². The number of carbonyl (C=O) groups is 2. The Kier molecular flexibility index (Phi) is 5.29. The number of nitrogen functional groups attached to an aromatic ring is 1. The molecular formula is C12H14BrFN2O3. The van der Waals surface area contributed by atoms with Gasteiger partial charge in [-0.2, -0.15) is 0 Å². The summed E-state index contributed by atoms with van der Waals surface area (Å²) < 4.78 is 18.0. The molecule has 0 saturated carbocycles. The molecule has 0 fully saturated rings. The highest BCUT2D eigenvalue weighted by Crippen LogP contribution is 2.24. The van der Waals surface area contributed by atoms with E-state index in [0.717, 1.165) is 6.07 Å². The first-order valence-corrected chi connectivity index (χ1v) is 6.30. The van der Waals surface area contributed by atoms with Crippen LogP contribution in [0.4, 0.5) is 10.1 Å². The van der Waals surface area contributed by atoms with E-state index in [4.69, 9.17) is 5.73 Å². The summed E-state index contributed by atoms with van der Waals surface area (Å²) in [5.41, 5.74) is 5.51. The van der Waals surface area contributed by atoms with Crippen LogP contribution in [0.3, 0.4) is 0 Å². The second-order valence-electron chi connectivity index (χ2n) is 3.75. The van der Waals surface area contributed by atoms with Gasteiger partial charge in [-0.25, -0.2) is 4.39 Å². The van der Waals surface area contributed by atoms with E-state index in [2.05, 4.69) is 20.7 Å². The van der Waals surface area contributed by atoms with Crippen LogP contribution in [-0.2, 0) is 9.53 Å². The number of rotatable bonds is 4. The Morgan fingerprint density at radius 2 is 2.11 bits per heavy atom. The summed E-state index contributed by atoms with van der Waals surface area (Å²) in [6, 6.07) is 2.36. The first-order valence-electron chi connectivity index (χ1n) is 5.51. The Bertz CT molecular complexity index is 508. The van der Waals surface area contributed by atoms with Crippen molar-refractivity contribution in [1.29, 1.82) is 0 Å². The Hall–Kier alpha value is -1.63. The lowest BCUT2D eigenvalue weighted by Crippen LogP contribution is -2.36. The number of hydrogen-bond donors (Lipinski definition) is 1. The predicted molar refractivity (Wildman–Crippen MR) is 72.1 cm³/mol. The van der Waals surface area contributed by atoms with Crippen molar-refractivity contribution in [2.45, 2.75) is 6.92 Å². The van der Waals surface area contributed by atoms with E-state index in [-0.39, 0.29) is 22.3 Å². The van der Waals surface area contributed by atoms with E-state index in [0.29, 0.717) is 6.54 Å². The van der Waals surface area contributed by atoms with Gasteiger partial charge in [-0.3, -0.25) is 9.59 Å². The topological polar surface area (TPSA) is 72.6 Å². The van der Waals surface area contributed by atoms with Crippen LogP contribution in [0.2, 0.25) is 0 Å². The molecule has 0 spiro atoms. The normalized spacial score (nSPS) is 10.1. The number of amides is 1. The molecule has 0 atom stereocenters. The first-order chi connectivity index (χ1) is 8.90. The number of ether oxygens (including phenoxy) is 1. The maximum absolute atomic E-state index is 13.2. The quantitative estimate of drug-likeness (QED) is 0.674. The molecular weight excluding hydrogens is 319 g/mol. The van der Waals surface area contributed by atoms with Crippen molar-refractivity contribution < 1.29 is 18.7 Å². The molecule has 0 bridgehead atoms. The van der Waals surface area contributed by atoms with Crippen LogP contribution in [0, 0.1) is 5.82 Å². The molecule has 1 rings (SSSR count). The molecule has 0 saturated heterocycles. The van der Waals surface area contributed by atoms with Gasteiger partial charge in [-0.1, -0.05) is 0 Å². The van der Waals surface area contributed by atoms with Crippen LogP contribution in [0.15, 0.2) is 16.6 Å². The largest absolute Gasteiger partial charge is 0.468 e. The van der Waals surface area contributed by atoms with Gasteiger partial charge < -0.3 is 15.4 Å². The van der Waals surface area contributed by atoms with Crippen LogP contribution >= 0.6 is 15.9 Å². The number of hydrogen-bond acceptors (Lipinski definition) is 4. The number of halogens is 2. The molecule has 1 aromatic rings. The predicted octanol–water partition coefficient (Wildman–Crippen LogP) is 1.81. The van der Waals surface area contributed by atoms with Gasteiger partial charge in [-0.05, 0) is 35.0 Å². The minimum Gasteiger partial charge on any atom is -0.468 e. The highest BCUT2D eigenvalue weighted by atomic mass is 79.9. The van der Waals surface area contributed by atoms with E-state index < -0.39 is 17.7 Å². The Balaban J connectivity index is 3.04. The third-order valence-corrected chi connectivity index (χ3v) is 3.19. The van der Waals surface area contributed by atoms with Crippen LogP contribution in [-0.4, -0.2) is 37.0 Å². The van der Waals surface area contributed by atoms with E-state index in [1.54, 1.807) is 6.92 Å². The van der Waals surface area contributed by atoms with E-state index in [1.807, 2.05) is 0 Å². The van der Waals surface area contributed by atoms with Gasteiger partial charge in [0.15, 0.2) is 0 Å². The molecule has 0 unspecified atom stereocenters. The fraction of sp³-hybridized carbons (Fsp3) is 0.333. The summed E-state index contributed by atoms with van der Waals surface area (Å²) in [7, 11) is 1.24. The summed E-state index contributed by atoms with van der Waals surface area (Å²) >= 11 is 3.10. The van der Waals surface area contributed by atoms with Crippen molar-refractivity contribution >= 4 is 33.5 Å². The number of anilines is 1. The summed E-state index contributed by atoms with van der Waals surface area (Å²) in [5.74, 6) is -1.56. The highest BCUT2D eigenvalue weighted by molar-refractivity contribution is 9.10. The fourth-order valence-electron chi connectivity index (χ4n) is 1.45. The second-order valence-corrected chi connectivity index (χ2v) is 4.60. The van der Waals surface area contributed by atoms with Crippen molar-refractivity contribution in [2.24, 2.45) is 0 Å². The number of carbonyl (C=O) groups excluding carboxylic acids is 2. The lowest BCUT2D eigenvalue weighted by Gasteiger charge is -2.20. The number of esters is 1. The molecule has 19 heavy (non-hydrogen) atoms. The van der Waals surface area contributed by atoms with Gasteiger partial charge in [0.25, 0.3) is 5.91 Å². The first kappa shape index (κ1) is 15.4. The third-order valence-electron chi connectivity index (χ3n) is 2.53. The standard InChI is InChI=1S/C12H14BrFN2O3/c1-3-16(6-11(17)19-2)12(18)7-4-10(15)9(14)5-8(7)13/h4-5H,3,6,15H2,1-2H3. The molecule has 0 radical (unpaired) electrons. The zero-order chi connectivity index (χ0) is 14.6. The summed E-state index contributed by atoms with van der Waals surface area (Å²) in [6.07, 6.45) is 0. The molecule has 0 aliphatic rings. The Morgan fingerprint density at radius 3 is 2.63 bits per heavy atom. The van der Waals surface area contributed by atoms with Gasteiger partial charge in [-0.15, -0.1) is 0 Å². The molecule has 2 N–H and O–H groups in total. The van der Waals surface area contributed by atoms with Crippen LogP contribution < -0.4 is 5.73 Å². The van der Waals surface area contributed by atoms with Crippen LogP contribution in [0.1, 0.15) is 17.3 Å². The average Bonchev–Trinajstić information content (AvgIpc) is 2.39. The smallest absolute Gasteiger partial charge is 0.325 e. The molecule has 0 aliphatic carbocycles. The maximum Gasteiger partial charge on any atom is 0.325 e. The van der Waals surface area contributed by atoms with E-state index >= 15 is 0 Å². The van der Waals surface area contributed by atoms with Crippen molar-refractivity contribution in [3.05, 3.63) is 28.0 Å². The fourth-order valence-corrected chi connectivity index (χ4v) is 1.93.